The highest BCUT2D eigenvalue weighted by atomic mass is 79.9. The number of nitrogens with zero attached hydrogens (tertiary/aromatic N) is 1. The molecule has 0 unspecified atom stereocenters. The summed E-state index contributed by atoms with van der Waals surface area (Å²) in [6, 6.07) is 20.3. The molecule has 3 aromatic carbocycles. The first kappa shape index (κ1) is 19.8. The number of nitrogens with one attached hydrogen (secondary N) is 1. The van der Waals surface area contributed by atoms with Gasteiger partial charge in [0.05, 0.1) is 11.8 Å². The molecule has 0 aliphatic carbocycles. The fraction of sp³-hybridized carbons (Fsp3) is 0. The molecule has 1 amide bonds. The number of hydrogen-bond donors (Lipinski definition) is 1. The monoisotopic (exact) mass is 456 g/mol. The minimum Gasteiger partial charge on any atom is -0.423 e. The summed E-state index contributed by atoms with van der Waals surface area (Å²) in [6.45, 7) is 0. The number of amides is 1. The van der Waals surface area contributed by atoms with Crippen LogP contribution in [0.5, 0.6) is 5.75 Å². The molecule has 5 nitrogen and oxygen atoms in total. The van der Waals surface area contributed by atoms with Crippen molar-refractivity contribution in [2.45, 2.75) is 0 Å². The van der Waals surface area contributed by atoms with Crippen LogP contribution in [-0.4, -0.2) is 18.1 Å². The highest BCUT2D eigenvalue weighted by Gasteiger charge is 2.11. The van der Waals surface area contributed by atoms with Crippen LogP contribution < -0.4 is 10.2 Å². The topological polar surface area (TPSA) is 67.8 Å². The molecule has 0 aliphatic heterocycles. The third kappa shape index (κ3) is 5.28. The molecule has 0 aromatic heterocycles. The third-order valence-electron chi connectivity index (χ3n) is 3.67. The number of ether oxygens (including phenoxy) is 1. The van der Waals surface area contributed by atoms with Gasteiger partial charge in [-0.15, -0.1) is 0 Å². The summed E-state index contributed by atoms with van der Waals surface area (Å²) in [5.74, 6) is -0.390. The number of carbonyl (C=O) groups excluding carboxylic acids is 2. The number of carbonyl (C=O) groups is 2. The van der Waals surface area contributed by atoms with Crippen LogP contribution in [0, 0.1) is 0 Å². The van der Waals surface area contributed by atoms with Crippen LogP contribution >= 0.6 is 27.5 Å². The molecule has 3 aromatic rings. The molecule has 3 rings (SSSR count). The van der Waals surface area contributed by atoms with E-state index in [0.717, 1.165) is 5.56 Å². The van der Waals surface area contributed by atoms with Gasteiger partial charge < -0.3 is 4.74 Å². The maximum Gasteiger partial charge on any atom is 0.344 e. The van der Waals surface area contributed by atoms with Crippen LogP contribution in [0.1, 0.15) is 26.3 Å². The molecular formula is C21H14BrClN2O3. The highest BCUT2D eigenvalue weighted by Crippen LogP contribution is 2.19. The number of esters is 1. The maximum absolute atomic E-state index is 12.2. The quantitative estimate of drug-likeness (QED) is 0.251. The van der Waals surface area contributed by atoms with Crippen molar-refractivity contribution in [1.82, 2.24) is 5.43 Å². The Morgan fingerprint density at radius 3 is 2.32 bits per heavy atom. The van der Waals surface area contributed by atoms with Gasteiger partial charge in [0.15, 0.2) is 0 Å². The van der Waals surface area contributed by atoms with E-state index >= 15 is 0 Å². The Morgan fingerprint density at radius 1 is 0.964 bits per heavy atom. The maximum atomic E-state index is 12.2. The predicted octanol–water partition coefficient (Wildman–Crippen LogP) is 5.09. The Hall–Kier alpha value is -2.96. The Balaban J connectivity index is 1.57. The molecule has 0 atom stereocenters. The lowest BCUT2D eigenvalue weighted by Gasteiger charge is -2.06. The average molecular weight is 458 g/mol. The summed E-state index contributed by atoms with van der Waals surface area (Å²) < 4.78 is 6.02. The van der Waals surface area contributed by atoms with Crippen molar-refractivity contribution >= 4 is 45.6 Å². The number of benzene rings is 3. The molecule has 0 bridgehead atoms. The standard InChI is InChI=1S/C21H14BrClN2O3/c22-19-4-2-1-3-18(19)21(27)28-17-11-5-14(6-12-17)13-24-25-20(26)15-7-9-16(23)10-8-15/h1-13H,(H,25,26)/b24-13+. The molecule has 0 spiro atoms. The van der Waals surface area contributed by atoms with Gasteiger partial charge in [-0.25, -0.2) is 10.2 Å². The van der Waals surface area contributed by atoms with Crippen LogP contribution in [0.15, 0.2) is 82.4 Å². The Labute approximate surface area is 175 Å². The van der Waals surface area contributed by atoms with Gasteiger partial charge in [-0.1, -0.05) is 23.7 Å². The molecule has 0 radical (unpaired) electrons. The van der Waals surface area contributed by atoms with Gasteiger partial charge in [0.1, 0.15) is 5.75 Å². The van der Waals surface area contributed by atoms with Crippen molar-refractivity contribution < 1.29 is 14.3 Å². The second-order valence-corrected chi connectivity index (χ2v) is 6.94. The van der Waals surface area contributed by atoms with Crippen molar-refractivity contribution in [3.8, 4) is 5.75 Å². The summed E-state index contributed by atoms with van der Waals surface area (Å²) in [4.78, 5) is 24.1. The van der Waals surface area contributed by atoms with E-state index in [1.165, 1.54) is 6.21 Å². The first-order chi connectivity index (χ1) is 13.5. The van der Waals surface area contributed by atoms with Crippen molar-refractivity contribution in [2.75, 3.05) is 0 Å². The fourth-order valence-electron chi connectivity index (χ4n) is 2.24. The number of hydrogen-bond acceptors (Lipinski definition) is 4. The number of halogens is 2. The van der Waals surface area contributed by atoms with Gasteiger partial charge in [-0.3, -0.25) is 4.79 Å². The van der Waals surface area contributed by atoms with Crippen LogP contribution in [0.25, 0.3) is 0 Å². The van der Waals surface area contributed by atoms with Crippen LogP contribution in [0.4, 0.5) is 0 Å². The SMILES string of the molecule is O=C(N/N=C/c1ccc(OC(=O)c2ccccc2Br)cc1)c1ccc(Cl)cc1. The molecular weight excluding hydrogens is 444 g/mol. The molecule has 140 valence electrons. The largest absolute Gasteiger partial charge is 0.423 e. The minimum absolute atomic E-state index is 0.341. The first-order valence-electron chi connectivity index (χ1n) is 8.19. The van der Waals surface area contributed by atoms with Crippen molar-refractivity contribution in [1.29, 1.82) is 0 Å². The van der Waals surface area contributed by atoms with Crippen LogP contribution in [0.2, 0.25) is 5.02 Å². The lowest BCUT2D eigenvalue weighted by atomic mass is 10.2. The zero-order valence-electron chi connectivity index (χ0n) is 14.4. The normalized spacial score (nSPS) is 10.6. The van der Waals surface area contributed by atoms with E-state index in [4.69, 9.17) is 16.3 Å². The van der Waals surface area contributed by atoms with Crippen molar-refractivity contribution in [3.05, 3.63) is 99.0 Å². The van der Waals surface area contributed by atoms with E-state index in [9.17, 15) is 9.59 Å². The van der Waals surface area contributed by atoms with Gasteiger partial charge in [0.2, 0.25) is 0 Å². The van der Waals surface area contributed by atoms with Gasteiger partial charge in [-0.05, 0) is 82.2 Å². The van der Waals surface area contributed by atoms with E-state index < -0.39 is 5.97 Å². The lowest BCUT2D eigenvalue weighted by Crippen LogP contribution is -2.17. The smallest absolute Gasteiger partial charge is 0.344 e. The average Bonchev–Trinajstić information content (AvgIpc) is 2.70. The van der Waals surface area contributed by atoms with E-state index in [1.54, 1.807) is 66.7 Å². The summed E-state index contributed by atoms with van der Waals surface area (Å²) in [6.07, 6.45) is 1.49. The first-order valence-corrected chi connectivity index (χ1v) is 9.36. The molecule has 7 heteroatoms. The van der Waals surface area contributed by atoms with E-state index in [-0.39, 0.29) is 5.91 Å². The number of hydrazone groups is 1. The zero-order valence-corrected chi connectivity index (χ0v) is 16.8. The van der Waals surface area contributed by atoms with Gasteiger partial charge in [0.25, 0.3) is 5.91 Å². The Morgan fingerprint density at radius 2 is 1.64 bits per heavy atom. The Kier molecular flexibility index (Phi) is 6.57. The molecule has 28 heavy (non-hydrogen) atoms. The van der Waals surface area contributed by atoms with Gasteiger partial charge >= 0.3 is 5.97 Å². The molecule has 0 saturated heterocycles. The van der Waals surface area contributed by atoms with E-state index in [0.29, 0.717) is 26.4 Å². The molecule has 0 aliphatic rings. The van der Waals surface area contributed by atoms with E-state index in [1.807, 2.05) is 6.07 Å². The second kappa shape index (κ2) is 9.30. The molecule has 0 heterocycles. The summed E-state index contributed by atoms with van der Waals surface area (Å²) >= 11 is 9.12. The Bertz CT molecular complexity index is 1020. The minimum atomic E-state index is -0.455. The van der Waals surface area contributed by atoms with Crippen LogP contribution in [-0.2, 0) is 0 Å². The second-order valence-electron chi connectivity index (χ2n) is 5.64. The zero-order chi connectivity index (χ0) is 19.9. The molecule has 0 fully saturated rings. The molecule has 1 N–H and O–H groups in total. The highest BCUT2D eigenvalue weighted by molar-refractivity contribution is 9.10. The molecule has 0 saturated carbocycles. The predicted molar refractivity (Wildman–Crippen MR) is 112 cm³/mol. The lowest BCUT2D eigenvalue weighted by molar-refractivity contribution is 0.0733. The fourth-order valence-corrected chi connectivity index (χ4v) is 2.81. The van der Waals surface area contributed by atoms with Gasteiger partial charge in [-0.2, -0.15) is 5.10 Å². The van der Waals surface area contributed by atoms with Crippen molar-refractivity contribution in [3.63, 3.8) is 0 Å². The van der Waals surface area contributed by atoms with E-state index in [2.05, 4.69) is 26.5 Å². The summed E-state index contributed by atoms with van der Waals surface area (Å²) in [7, 11) is 0. The van der Waals surface area contributed by atoms with Gasteiger partial charge in [0, 0.05) is 15.1 Å². The number of rotatable bonds is 5. The van der Waals surface area contributed by atoms with Crippen LogP contribution in [0.3, 0.4) is 0 Å². The third-order valence-corrected chi connectivity index (χ3v) is 4.61. The summed E-state index contributed by atoms with van der Waals surface area (Å²) in [5.41, 5.74) is 4.07. The van der Waals surface area contributed by atoms with Crippen molar-refractivity contribution in [2.24, 2.45) is 5.10 Å². The summed E-state index contributed by atoms with van der Waals surface area (Å²) in [5, 5.41) is 4.47.